The Bertz CT molecular complexity index is 716. The van der Waals surface area contributed by atoms with E-state index in [0.29, 0.717) is 6.54 Å². The van der Waals surface area contributed by atoms with Crippen LogP contribution in [0.1, 0.15) is 41.4 Å². The Kier molecular flexibility index (Phi) is 5.60. The fourth-order valence-electron chi connectivity index (χ4n) is 3.24. The lowest BCUT2D eigenvalue weighted by Crippen LogP contribution is -2.33. The van der Waals surface area contributed by atoms with Crippen LogP contribution >= 0.6 is 0 Å². The first kappa shape index (κ1) is 17.4. The molecule has 6 heteroatoms. The molecule has 6 nitrogen and oxygen atoms in total. The molecule has 1 unspecified atom stereocenters. The van der Waals surface area contributed by atoms with Crippen LogP contribution in [0.2, 0.25) is 0 Å². The van der Waals surface area contributed by atoms with Crippen LogP contribution < -0.4 is 11.1 Å². The van der Waals surface area contributed by atoms with Crippen LogP contribution in [-0.2, 0) is 13.1 Å². The van der Waals surface area contributed by atoms with E-state index in [1.807, 2.05) is 0 Å². The summed E-state index contributed by atoms with van der Waals surface area (Å²) in [5.74, 6) is 0.625. The smallest absolute Gasteiger partial charge is 0.273 e. The van der Waals surface area contributed by atoms with Crippen molar-refractivity contribution in [3.05, 3.63) is 53.5 Å². The zero-order valence-corrected chi connectivity index (χ0v) is 14.6. The van der Waals surface area contributed by atoms with E-state index in [-0.39, 0.29) is 17.4 Å². The largest absolute Gasteiger partial charge is 0.382 e. The van der Waals surface area contributed by atoms with Crippen LogP contribution in [0, 0.1) is 5.92 Å². The minimum absolute atomic E-state index is 0.145. The van der Waals surface area contributed by atoms with E-state index in [4.69, 9.17) is 5.73 Å². The molecule has 1 aliphatic rings. The van der Waals surface area contributed by atoms with Gasteiger partial charge in [0.05, 0.1) is 0 Å². The average Bonchev–Trinajstić information content (AvgIpc) is 2.61. The molecule has 0 radical (unpaired) electrons. The van der Waals surface area contributed by atoms with Crippen molar-refractivity contribution >= 4 is 11.7 Å². The number of nitrogen functional groups attached to an aromatic ring is 1. The Morgan fingerprint density at radius 2 is 1.96 bits per heavy atom. The van der Waals surface area contributed by atoms with E-state index in [1.165, 1.54) is 43.9 Å². The first-order valence-electron chi connectivity index (χ1n) is 8.76. The number of carbonyl (C=O) groups is 1. The molecule has 132 valence electrons. The van der Waals surface area contributed by atoms with Crippen LogP contribution in [-0.4, -0.2) is 33.9 Å². The number of carbonyl (C=O) groups excluding carboxylic acids is 1. The van der Waals surface area contributed by atoms with Crippen LogP contribution in [0.4, 0.5) is 5.82 Å². The van der Waals surface area contributed by atoms with Crippen molar-refractivity contribution in [1.29, 1.82) is 0 Å². The molecular formula is C19H25N5O. The lowest BCUT2D eigenvalue weighted by Gasteiger charge is -2.30. The number of amides is 1. The first-order chi connectivity index (χ1) is 12.1. The number of hydrogen-bond acceptors (Lipinski definition) is 5. The van der Waals surface area contributed by atoms with E-state index in [2.05, 4.69) is 51.4 Å². The number of benzene rings is 1. The Balaban J connectivity index is 1.52. The third-order valence-electron chi connectivity index (χ3n) is 4.56. The lowest BCUT2D eigenvalue weighted by molar-refractivity contribution is 0.0946. The van der Waals surface area contributed by atoms with Gasteiger partial charge in [-0.2, -0.15) is 0 Å². The zero-order valence-electron chi connectivity index (χ0n) is 14.6. The molecule has 2 aromatic rings. The summed E-state index contributed by atoms with van der Waals surface area (Å²) < 4.78 is 0. The molecule has 0 saturated carbocycles. The van der Waals surface area contributed by atoms with Gasteiger partial charge in [-0.3, -0.25) is 9.69 Å². The van der Waals surface area contributed by atoms with Crippen LogP contribution in [0.25, 0.3) is 0 Å². The molecule has 0 bridgehead atoms. The Morgan fingerprint density at radius 1 is 1.24 bits per heavy atom. The third-order valence-corrected chi connectivity index (χ3v) is 4.56. The number of piperidine rings is 1. The summed E-state index contributed by atoms with van der Waals surface area (Å²) in [6, 6.07) is 8.39. The molecular weight excluding hydrogens is 314 g/mol. The minimum atomic E-state index is -0.308. The molecule has 1 aromatic carbocycles. The van der Waals surface area contributed by atoms with Gasteiger partial charge in [-0.05, 0) is 36.4 Å². The second kappa shape index (κ2) is 8.07. The van der Waals surface area contributed by atoms with Crippen LogP contribution in [0.5, 0.6) is 0 Å². The number of nitrogens with zero attached hydrogens (tertiary/aromatic N) is 3. The summed E-state index contributed by atoms with van der Waals surface area (Å²) in [6.45, 7) is 6.11. The summed E-state index contributed by atoms with van der Waals surface area (Å²) in [6.07, 6.45) is 5.55. The highest BCUT2D eigenvalue weighted by Crippen LogP contribution is 2.18. The molecule has 1 fully saturated rings. The topological polar surface area (TPSA) is 84.1 Å². The molecule has 2 heterocycles. The highest BCUT2D eigenvalue weighted by atomic mass is 16.1. The second-order valence-electron chi connectivity index (χ2n) is 6.77. The van der Waals surface area contributed by atoms with Gasteiger partial charge in [0.25, 0.3) is 5.91 Å². The van der Waals surface area contributed by atoms with Gasteiger partial charge in [-0.1, -0.05) is 31.2 Å². The Morgan fingerprint density at radius 3 is 2.68 bits per heavy atom. The molecule has 3 N–H and O–H groups in total. The highest BCUT2D eigenvalue weighted by molar-refractivity contribution is 5.96. The number of anilines is 1. The highest BCUT2D eigenvalue weighted by Gasteiger charge is 2.16. The number of nitrogens with one attached hydrogen (secondary N) is 1. The monoisotopic (exact) mass is 339 g/mol. The summed E-state index contributed by atoms with van der Waals surface area (Å²) >= 11 is 0. The average molecular weight is 339 g/mol. The fraction of sp³-hybridized carbons (Fsp3) is 0.421. The molecule has 1 aliphatic heterocycles. The minimum Gasteiger partial charge on any atom is -0.382 e. The van der Waals surface area contributed by atoms with Crippen molar-refractivity contribution in [1.82, 2.24) is 20.2 Å². The van der Waals surface area contributed by atoms with Crippen molar-refractivity contribution < 1.29 is 4.79 Å². The summed E-state index contributed by atoms with van der Waals surface area (Å²) in [5, 5.41) is 2.83. The maximum absolute atomic E-state index is 12.1. The number of nitrogens with two attached hydrogens (primary N) is 1. The molecule has 1 aromatic heterocycles. The van der Waals surface area contributed by atoms with Crippen molar-refractivity contribution in [2.45, 2.75) is 32.9 Å². The molecule has 25 heavy (non-hydrogen) atoms. The van der Waals surface area contributed by atoms with Gasteiger partial charge in [0.1, 0.15) is 0 Å². The van der Waals surface area contributed by atoms with Gasteiger partial charge in [0.2, 0.25) is 0 Å². The van der Waals surface area contributed by atoms with Crippen molar-refractivity contribution in [3.8, 4) is 0 Å². The molecule has 1 atom stereocenters. The normalized spacial score (nSPS) is 18.0. The molecule has 0 spiro atoms. The SMILES string of the molecule is CC1CCCN(Cc2ccc(CNC(=O)c3nccnc3N)cc2)C1. The molecule has 0 aliphatic carbocycles. The quantitative estimate of drug-likeness (QED) is 0.872. The maximum Gasteiger partial charge on any atom is 0.273 e. The first-order valence-corrected chi connectivity index (χ1v) is 8.76. The molecule has 3 rings (SSSR count). The van der Waals surface area contributed by atoms with E-state index in [1.54, 1.807) is 0 Å². The Hall–Kier alpha value is -2.47. The van der Waals surface area contributed by atoms with Crippen molar-refractivity contribution in [2.75, 3.05) is 18.8 Å². The van der Waals surface area contributed by atoms with E-state index < -0.39 is 0 Å². The van der Waals surface area contributed by atoms with E-state index in [0.717, 1.165) is 18.0 Å². The van der Waals surface area contributed by atoms with E-state index >= 15 is 0 Å². The summed E-state index contributed by atoms with van der Waals surface area (Å²) in [4.78, 5) is 22.5. The number of aromatic nitrogens is 2. The molecule has 1 amide bonds. The molecule has 1 saturated heterocycles. The number of likely N-dealkylation sites (tertiary alicyclic amines) is 1. The third kappa shape index (κ3) is 4.76. The van der Waals surface area contributed by atoms with Crippen molar-refractivity contribution in [2.24, 2.45) is 5.92 Å². The number of rotatable bonds is 5. The van der Waals surface area contributed by atoms with Crippen LogP contribution in [0.3, 0.4) is 0 Å². The fourth-order valence-corrected chi connectivity index (χ4v) is 3.24. The van der Waals surface area contributed by atoms with Gasteiger partial charge in [0, 0.05) is 32.0 Å². The maximum atomic E-state index is 12.1. The lowest BCUT2D eigenvalue weighted by atomic mass is 9.99. The van der Waals surface area contributed by atoms with Gasteiger partial charge < -0.3 is 11.1 Å². The van der Waals surface area contributed by atoms with Gasteiger partial charge >= 0.3 is 0 Å². The van der Waals surface area contributed by atoms with Gasteiger partial charge in [0.15, 0.2) is 11.5 Å². The van der Waals surface area contributed by atoms with Crippen molar-refractivity contribution in [3.63, 3.8) is 0 Å². The van der Waals surface area contributed by atoms with E-state index in [9.17, 15) is 4.79 Å². The predicted molar refractivity (Wildman–Crippen MR) is 97.7 cm³/mol. The summed E-state index contributed by atoms with van der Waals surface area (Å²) in [5.41, 5.74) is 8.19. The van der Waals surface area contributed by atoms with Gasteiger partial charge in [-0.15, -0.1) is 0 Å². The number of hydrogen-bond donors (Lipinski definition) is 2. The second-order valence-corrected chi connectivity index (χ2v) is 6.77. The predicted octanol–water partition coefficient (Wildman–Crippen LogP) is 2.22. The van der Waals surface area contributed by atoms with Gasteiger partial charge in [-0.25, -0.2) is 9.97 Å². The zero-order chi connectivity index (χ0) is 17.6. The Labute approximate surface area is 148 Å². The standard InChI is InChI=1S/C19H25N5O/c1-14-3-2-10-24(12-14)13-16-6-4-15(5-7-16)11-23-19(25)17-18(20)22-9-8-21-17/h4-9,14H,2-3,10-13H2,1H3,(H2,20,22)(H,23,25). The summed E-state index contributed by atoms with van der Waals surface area (Å²) in [7, 11) is 0. The van der Waals surface area contributed by atoms with Crippen LogP contribution in [0.15, 0.2) is 36.7 Å².